The number of rotatable bonds is 2. The number of nitrogens with one attached hydrogen (secondary N) is 1. The van der Waals surface area contributed by atoms with Crippen molar-refractivity contribution in [3.63, 3.8) is 0 Å². The summed E-state index contributed by atoms with van der Waals surface area (Å²) < 4.78 is 13.1. The van der Waals surface area contributed by atoms with Gasteiger partial charge in [0.1, 0.15) is 5.82 Å². The molecule has 0 spiro atoms. The molecule has 0 aliphatic carbocycles. The first-order valence-corrected chi connectivity index (χ1v) is 6.04. The van der Waals surface area contributed by atoms with Crippen molar-refractivity contribution in [1.29, 1.82) is 0 Å². The van der Waals surface area contributed by atoms with Gasteiger partial charge >= 0.3 is 0 Å². The van der Waals surface area contributed by atoms with Gasteiger partial charge in [-0.05, 0) is 24.3 Å². The summed E-state index contributed by atoms with van der Waals surface area (Å²) in [5.74, 6) is -0.440. The minimum Gasteiger partial charge on any atom is -0.354 e. The molecule has 1 heterocycles. The third-order valence-corrected chi connectivity index (χ3v) is 3.03. The molecule has 2 aromatic carbocycles. The Hall–Kier alpha value is -2.20. The summed E-state index contributed by atoms with van der Waals surface area (Å²) in [6, 6.07) is 12.1. The summed E-state index contributed by atoms with van der Waals surface area (Å²) in [6.45, 7) is 0. The van der Waals surface area contributed by atoms with Crippen molar-refractivity contribution in [2.75, 3.05) is 5.32 Å². The molecule has 1 N–H and O–H groups in total. The Morgan fingerprint density at radius 2 is 1.95 bits per heavy atom. The van der Waals surface area contributed by atoms with Crippen LogP contribution in [0.1, 0.15) is 0 Å². The lowest BCUT2D eigenvalue weighted by molar-refractivity contribution is 0.628. The van der Waals surface area contributed by atoms with Gasteiger partial charge in [-0.2, -0.15) is 10.2 Å². The van der Waals surface area contributed by atoms with E-state index >= 15 is 0 Å². The van der Waals surface area contributed by atoms with E-state index < -0.39 is 5.82 Å². The number of aromatic nitrogens is 2. The molecule has 1 aromatic heterocycles. The zero-order valence-corrected chi connectivity index (χ0v) is 10.5. The lowest BCUT2D eigenvalue weighted by Crippen LogP contribution is -1.94. The van der Waals surface area contributed by atoms with Crippen LogP contribution >= 0.6 is 11.6 Å². The van der Waals surface area contributed by atoms with Crippen molar-refractivity contribution in [2.45, 2.75) is 0 Å². The van der Waals surface area contributed by atoms with E-state index in [1.807, 2.05) is 24.3 Å². The van der Waals surface area contributed by atoms with Crippen LogP contribution in [-0.2, 0) is 0 Å². The van der Waals surface area contributed by atoms with Crippen LogP contribution in [0, 0.1) is 5.82 Å². The number of fused-ring (bicyclic) bond motifs is 1. The Kier molecular flexibility index (Phi) is 3.01. The number of anilines is 2. The molecule has 0 amide bonds. The maximum absolute atomic E-state index is 13.1. The molecular formula is C14H9ClFN3. The smallest absolute Gasteiger partial charge is 0.141 e. The van der Waals surface area contributed by atoms with Gasteiger partial charge in [0.05, 0.1) is 22.4 Å². The second-order valence-corrected chi connectivity index (χ2v) is 4.44. The van der Waals surface area contributed by atoms with Crippen LogP contribution < -0.4 is 5.32 Å². The van der Waals surface area contributed by atoms with Gasteiger partial charge < -0.3 is 5.32 Å². The van der Waals surface area contributed by atoms with Crippen molar-refractivity contribution >= 4 is 33.9 Å². The molecule has 0 aliphatic heterocycles. The van der Waals surface area contributed by atoms with Crippen molar-refractivity contribution in [1.82, 2.24) is 10.2 Å². The fourth-order valence-corrected chi connectivity index (χ4v) is 2.02. The first-order chi connectivity index (χ1) is 9.24. The lowest BCUT2D eigenvalue weighted by atomic mass is 10.2. The average molecular weight is 274 g/mol. The molecule has 5 heteroatoms. The molecule has 0 bridgehead atoms. The zero-order valence-electron chi connectivity index (χ0n) is 9.77. The number of hydrogen-bond donors (Lipinski definition) is 1. The predicted molar refractivity (Wildman–Crippen MR) is 74.2 cm³/mol. The average Bonchev–Trinajstić information content (AvgIpc) is 2.43. The molecule has 94 valence electrons. The Bertz CT molecular complexity index is 740. The van der Waals surface area contributed by atoms with E-state index in [2.05, 4.69) is 15.5 Å². The van der Waals surface area contributed by atoms with Gasteiger partial charge in [-0.25, -0.2) is 4.39 Å². The summed E-state index contributed by atoms with van der Waals surface area (Å²) in [6.07, 6.45) is 1.62. The second kappa shape index (κ2) is 4.82. The fourth-order valence-electron chi connectivity index (χ4n) is 1.84. The van der Waals surface area contributed by atoms with Gasteiger partial charge in [-0.3, -0.25) is 0 Å². The molecule has 0 unspecified atom stereocenters. The molecule has 3 nitrogen and oxygen atoms in total. The van der Waals surface area contributed by atoms with E-state index in [0.717, 1.165) is 16.6 Å². The minimum absolute atomic E-state index is 0.0799. The van der Waals surface area contributed by atoms with Crippen LogP contribution in [0.3, 0.4) is 0 Å². The highest BCUT2D eigenvalue weighted by atomic mass is 35.5. The van der Waals surface area contributed by atoms with Gasteiger partial charge in [0.2, 0.25) is 0 Å². The van der Waals surface area contributed by atoms with E-state index in [0.29, 0.717) is 5.69 Å². The Morgan fingerprint density at radius 3 is 2.79 bits per heavy atom. The Morgan fingerprint density at radius 1 is 1.11 bits per heavy atom. The van der Waals surface area contributed by atoms with Crippen LogP contribution in [0.4, 0.5) is 15.8 Å². The fraction of sp³-hybridized carbons (Fsp3) is 0. The van der Waals surface area contributed by atoms with Crippen LogP contribution in [0.5, 0.6) is 0 Å². The van der Waals surface area contributed by atoms with Crippen molar-refractivity contribution in [3.8, 4) is 0 Å². The highest BCUT2D eigenvalue weighted by molar-refractivity contribution is 6.31. The van der Waals surface area contributed by atoms with Gasteiger partial charge in [-0.15, -0.1) is 0 Å². The van der Waals surface area contributed by atoms with E-state index in [4.69, 9.17) is 11.6 Å². The highest BCUT2D eigenvalue weighted by Crippen LogP contribution is 2.26. The van der Waals surface area contributed by atoms with Crippen LogP contribution in [-0.4, -0.2) is 10.2 Å². The van der Waals surface area contributed by atoms with E-state index in [1.54, 1.807) is 12.3 Å². The number of hydrogen-bond acceptors (Lipinski definition) is 3. The minimum atomic E-state index is -0.440. The third kappa shape index (κ3) is 2.35. The van der Waals surface area contributed by atoms with Crippen LogP contribution in [0.15, 0.2) is 48.7 Å². The standard InChI is InChI=1S/C14H9ClFN3/c15-11-7-9(5-6-12(11)16)18-14-8-17-19-13-4-2-1-3-10(13)14/h1-8H,(H,18,19). The summed E-state index contributed by atoms with van der Waals surface area (Å²) in [5.41, 5.74) is 2.29. The highest BCUT2D eigenvalue weighted by Gasteiger charge is 2.05. The maximum atomic E-state index is 13.1. The van der Waals surface area contributed by atoms with Crippen LogP contribution in [0.25, 0.3) is 10.9 Å². The molecule has 0 fully saturated rings. The van der Waals surface area contributed by atoms with Crippen molar-refractivity contribution < 1.29 is 4.39 Å². The zero-order chi connectivity index (χ0) is 13.2. The second-order valence-electron chi connectivity index (χ2n) is 4.03. The van der Waals surface area contributed by atoms with Gasteiger partial charge in [0.25, 0.3) is 0 Å². The molecule has 0 saturated carbocycles. The van der Waals surface area contributed by atoms with Gasteiger partial charge in [0, 0.05) is 11.1 Å². The van der Waals surface area contributed by atoms with E-state index in [1.165, 1.54) is 12.1 Å². The van der Waals surface area contributed by atoms with Gasteiger partial charge in [0.15, 0.2) is 0 Å². The summed E-state index contributed by atoms with van der Waals surface area (Å²) in [4.78, 5) is 0. The largest absolute Gasteiger partial charge is 0.354 e. The molecule has 0 atom stereocenters. The molecular weight excluding hydrogens is 265 g/mol. The number of benzene rings is 2. The number of halogens is 2. The predicted octanol–water partition coefficient (Wildman–Crippen LogP) is 4.17. The molecule has 0 aliphatic rings. The van der Waals surface area contributed by atoms with Crippen molar-refractivity contribution in [2.24, 2.45) is 0 Å². The Balaban J connectivity index is 2.03. The lowest BCUT2D eigenvalue weighted by Gasteiger charge is -2.09. The molecule has 19 heavy (non-hydrogen) atoms. The first kappa shape index (κ1) is 11.9. The summed E-state index contributed by atoms with van der Waals surface area (Å²) >= 11 is 5.76. The van der Waals surface area contributed by atoms with E-state index in [9.17, 15) is 4.39 Å². The molecule has 0 radical (unpaired) electrons. The molecule has 3 rings (SSSR count). The monoisotopic (exact) mass is 273 g/mol. The molecule has 3 aromatic rings. The third-order valence-electron chi connectivity index (χ3n) is 2.75. The van der Waals surface area contributed by atoms with Crippen molar-refractivity contribution in [3.05, 3.63) is 59.5 Å². The van der Waals surface area contributed by atoms with E-state index in [-0.39, 0.29) is 5.02 Å². The SMILES string of the molecule is Fc1ccc(Nc2cnnc3ccccc23)cc1Cl. The quantitative estimate of drug-likeness (QED) is 0.762. The first-order valence-electron chi connectivity index (χ1n) is 5.66. The topological polar surface area (TPSA) is 37.8 Å². The Labute approximate surface area is 114 Å². The summed E-state index contributed by atoms with van der Waals surface area (Å²) in [7, 11) is 0. The normalized spacial score (nSPS) is 10.6. The molecule has 0 saturated heterocycles. The van der Waals surface area contributed by atoms with Crippen LogP contribution in [0.2, 0.25) is 5.02 Å². The number of nitrogens with zero attached hydrogens (tertiary/aromatic N) is 2. The maximum Gasteiger partial charge on any atom is 0.141 e. The van der Waals surface area contributed by atoms with Gasteiger partial charge in [-0.1, -0.05) is 29.8 Å². The summed E-state index contributed by atoms with van der Waals surface area (Å²) in [5, 5.41) is 12.2.